The Balaban J connectivity index is 1.91. The van der Waals surface area contributed by atoms with Gasteiger partial charge in [0.25, 0.3) is 0 Å². The molecule has 0 spiro atoms. The molecule has 1 fully saturated rings. The number of phenolic OH excluding ortho intramolecular Hbond substituents is 2. The van der Waals surface area contributed by atoms with Crippen molar-refractivity contribution in [3.8, 4) is 23.0 Å². The second-order valence-electron chi connectivity index (χ2n) is 6.02. The average Bonchev–Trinajstić information content (AvgIpc) is 2.98. The highest BCUT2D eigenvalue weighted by Gasteiger charge is 2.24. The molecule has 1 aliphatic rings. The number of carbonyl (C=O) groups is 1. The number of methoxy groups -OCH3 is 2. The van der Waals surface area contributed by atoms with E-state index in [9.17, 15) is 15.0 Å². The fraction of sp³-hybridized carbons (Fsp3) is 0.190. The van der Waals surface area contributed by atoms with Crippen LogP contribution in [0.4, 0.5) is 0 Å². The normalized spacial score (nSPS) is 17.1. The van der Waals surface area contributed by atoms with Gasteiger partial charge in [-0.15, -0.1) is 0 Å². The Morgan fingerprint density at radius 3 is 1.62 bits per heavy atom. The van der Waals surface area contributed by atoms with Gasteiger partial charge in [-0.1, -0.05) is 0 Å². The first-order valence-electron chi connectivity index (χ1n) is 8.21. The van der Waals surface area contributed by atoms with Crippen LogP contribution in [0.15, 0.2) is 47.5 Å². The highest BCUT2D eigenvalue weighted by atomic mass is 16.5. The van der Waals surface area contributed by atoms with E-state index >= 15 is 0 Å². The molecule has 1 saturated carbocycles. The second-order valence-corrected chi connectivity index (χ2v) is 6.02. The molecule has 0 bridgehead atoms. The molecule has 0 amide bonds. The van der Waals surface area contributed by atoms with Gasteiger partial charge in [-0.05, 0) is 61.4 Å². The quantitative estimate of drug-likeness (QED) is 0.815. The van der Waals surface area contributed by atoms with Crippen LogP contribution >= 0.6 is 0 Å². The molecule has 1 aliphatic carbocycles. The summed E-state index contributed by atoms with van der Waals surface area (Å²) in [5.74, 6) is 1.31. The van der Waals surface area contributed by atoms with Gasteiger partial charge in [-0.25, -0.2) is 0 Å². The summed E-state index contributed by atoms with van der Waals surface area (Å²) in [6.45, 7) is 0. The zero-order valence-electron chi connectivity index (χ0n) is 14.7. The Kier molecular flexibility index (Phi) is 4.98. The maximum absolute atomic E-state index is 12.7. The first-order chi connectivity index (χ1) is 12.5. The minimum absolute atomic E-state index is 0.0885. The summed E-state index contributed by atoms with van der Waals surface area (Å²) in [7, 11) is 3.09. The van der Waals surface area contributed by atoms with Crippen LogP contribution in [-0.2, 0) is 4.79 Å². The minimum Gasteiger partial charge on any atom is -0.507 e. The molecule has 2 aromatic rings. The fourth-order valence-electron chi connectivity index (χ4n) is 2.90. The van der Waals surface area contributed by atoms with E-state index in [0.29, 0.717) is 46.6 Å². The molecule has 0 unspecified atom stereocenters. The minimum atomic E-state index is -0.0885. The molecule has 5 nitrogen and oxygen atoms in total. The first-order valence-corrected chi connectivity index (χ1v) is 8.21. The molecule has 2 N–H and O–H groups in total. The molecule has 3 rings (SSSR count). The van der Waals surface area contributed by atoms with Crippen molar-refractivity contribution < 1.29 is 24.5 Å². The van der Waals surface area contributed by atoms with Crippen LogP contribution in [-0.4, -0.2) is 30.2 Å². The summed E-state index contributed by atoms with van der Waals surface area (Å²) in [5, 5.41) is 20.0. The van der Waals surface area contributed by atoms with Gasteiger partial charge in [-0.2, -0.15) is 0 Å². The molecule has 0 saturated heterocycles. The molecular weight excluding hydrogens is 332 g/mol. The zero-order valence-corrected chi connectivity index (χ0v) is 14.7. The summed E-state index contributed by atoms with van der Waals surface area (Å²) in [4.78, 5) is 12.7. The number of carbonyl (C=O) groups excluding carboxylic acids is 1. The Bertz CT molecular complexity index is 835. The smallest absolute Gasteiger partial charge is 0.185 e. The number of hydrogen-bond donors (Lipinski definition) is 2. The van der Waals surface area contributed by atoms with Gasteiger partial charge in [-0.3, -0.25) is 4.79 Å². The van der Waals surface area contributed by atoms with Gasteiger partial charge in [0.15, 0.2) is 5.78 Å². The number of rotatable bonds is 4. The van der Waals surface area contributed by atoms with Gasteiger partial charge in [0.2, 0.25) is 0 Å². The predicted molar refractivity (Wildman–Crippen MR) is 99.5 cm³/mol. The lowest BCUT2D eigenvalue weighted by atomic mass is 10.1. The van der Waals surface area contributed by atoms with Crippen molar-refractivity contribution in [2.75, 3.05) is 14.2 Å². The maximum Gasteiger partial charge on any atom is 0.185 e. The Morgan fingerprint density at radius 2 is 1.23 bits per heavy atom. The third-order valence-corrected chi connectivity index (χ3v) is 4.38. The number of allylic oxidation sites excluding steroid dienone is 2. The number of phenols is 2. The van der Waals surface area contributed by atoms with Gasteiger partial charge in [0.05, 0.1) is 14.2 Å². The van der Waals surface area contributed by atoms with Crippen LogP contribution in [0.2, 0.25) is 0 Å². The van der Waals surface area contributed by atoms with Crippen molar-refractivity contribution in [1.29, 1.82) is 0 Å². The topological polar surface area (TPSA) is 76.0 Å². The number of Topliss-reactive ketones (excluding diaryl/α,β-unsaturated/α-hetero) is 1. The molecule has 0 aromatic heterocycles. The van der Waals surface area contributed by atoms with E-state index < -0.39 is 0 Å². The van der Waals surface area contributed by atoms with Gasteiger partial charge in [0.1, 0.15) is 23.0 Å². The van der Waals surface area contributed by atoms with Crippen molar-refractivity contribution in [3.63, 3.8) is 0 Å². The van der Waals surface area contributed by atoms with E-state index in [4.69, 9.17) is 9.47 Å². The maximum atomic E-state index is 12.7. The molecule has 2 aromatic carbocycles. The van der Waals surface area contributed by atoms with Crippen LogP contribution in [0.3, 0.4) is 0 Å². The molecule has 0 aliphatic heterocycles. The summed E-state index contributed by atoms with van der Waals surface area (Å²) in [5.41, 5.74) is 2.31. The van der Waals surface area contributed by atoms with E-state index in [1.807, 2.05) is 0 Å². The lowest BCUT2D eigenvalue weighted by Crippen LogP contribution is -1.96. The molecule has 26 heavy (non-hydrogen) atoms. The highest BCUT2D eigenvalue weighted by molar-refractivity contribution is 6.15. The lowest BCUT2D eigenvalue weighted by molar-refractivity contribution is -0.111. The fourth-order valence-corrected chi connectivity index (χ4v) is 2.90. The summed E-state index contributed by atoms with van der Waals surface area (Å²) in [6.07, 6.45) is 4.52. The van der Waals surface area contributed by atoms with Crippen LogP contribution < -0.4 is 9.47 Å². The molecule has 0 atom stereocenters. The molecule has 0 radical (unpaired) electrons. The Hall–Kier alpha value is -3.21. The summed E-state index contributed by atoms with van der Waals surface area (Å²) >= 11 is 0. The van der Waals surface area contributed by atoms with Crippen molar-refractivity contribution in [2.24, 2.45) is 0 Å². The molecule has 0 heterocycles. The van der Waals surface area contributed by atoms with Crippen LogP contribution in [0.25, 0.3) is 12.2 Å². The first kappa shape index (κ1) is 17.6. The van der Waals surface area contributed by atoms with Crippen molar-refractivity contribution in [1.82, 2.24) is 0 Å². The van der Waals surface area contributed by atoms with Crippen molar-refractivity contribution in [3.05, 3.63) is 58.7 Å². The monoisotopic (exact) mass is 352 g/mol. The molecule has 134 valence electrons. The van der Waals surface area contributed by atoms with Crippen LogP contribution in [0, 0.1) is 0 Å². The number of benzene rings is 2. The average molecular weight is 352 g/mol. The SMILES string of the molecule is COc1ccc(O)c(C=C2CCC(=Cc3cc(OC)ccc3O)C2=O)c1. The number of hydrogen-bond acceptors (Lipinski definition) is 5. The van der Waals surface area contributed by atoms with Gasteiger partial charge in [0, 0.05) is 22.3 Å². The van der Waals surface area contributed by atoms with E-state index in [2.05, 4.69) is 0 Å². The third kappa shape index (κ3) is 3.57. The molecular formula is C21H20O5. The molecule has 5 heteroatoms. The van der Waals surface area contributed by atoms with E-state index in [-0.39, 0.29) is 17.3 Å². The second kappa shape index (κ2) is 7.35. The summed E-state index contributed by atoms with van der Waals surface area (Å²) in [6, 6.07) is 9.76. The number of aromatic hydroxyl groups is 2. The lowest BCUT2D eigenvalue weighted by Gasteiger charge is -2.05. The van der Waals surface area contributed by atoms with E-state index in [1.165, 1.54) is 12.1 Å². The van der Waals surface area contributed by atoms with E-state index in [0.717, 1.165) is 0 Å². The van der Waals surface area contributed by atoms with Crippen molar-refractivity contribution >= 4 is 17.9 Å². The van der Waals surface area contributed by atoms with Crippen LogP contribution in [0.1, 0.15) is 24.0 Å². The highest BCUT2D eigenvalue weighted by Crippen LogP contribution is 2.34. The summed E-state index contributed by atoms with van der Waals surface area (Å²) < 4.78 is 10.3. The van der Waals surface area contributed by atoms with Crippen LogP contribution in [0.5, 0.6) is 23.0 Å². The Morgan fingerprint density at radius 1 is 0.808 bits per heavy atom. The van der Waals surface area contributed by atoms with Gasteiger partial charge < -0.3 is 19.7 Å². The largest absolute Gasteiger partial charge is 0.507 e. The van der Waals surface area contributed by atoms with Crippen molar-refractivity contribution in [2.45, 2.75) is 12.8 Å². The van der Waals surface area contributed by atoms with E-state index in [1.54, 1.807) is 50.6 Å². The standard InChI is InChI=1S/C21H20O5/c1-25-17-5-7-19(22)15(11-17)9-13-3-4-14(21(13)24)10-16-12-18(26-2)6-8-20(16)23/h5-12,22-23H,3-4H2,1-2H3. The predicted octanol–water partition coefficient (Wildman–Crippen LogP) is 3.94. The number of ether oxygens (including phenoxy) is 2. The number of ketones is 1. The van der Waals surface area contributed by atoms with Gasteiger partial charge >= 0.3 is 0 Å². The third-order valence-electron chi connectivity index (χ3n) is 4.38. The zero-order chi connectivity index (χ0) is 18.7. The Labute approximate surface area is 151 Å².